The molecule has 78 valence electrons. The van der Waals surface area contributed by atoms with E-state index in [1.54, 1.807) is 7.11 Å². The fourth-order valence-electron chi connectivity index (χ4n) is 1.51. The second kappa shape index (κ2) is 5.26. The molecule has 0 aliphatic heterocycles. The van der Waals surface area contributed by atoms with Gasteiger partial charge in [0.15, 0.2) is 0 Å². The fourth-order valence-corrected chi connectivity index (χ4v) is 1.90. The summed E-state index contributed by atoms with van der Waals surface area (Å²) in [6.07, 6.45) is 2.08. The topological polar surface area (TPSA) is 9.23 Å². The number of methoxy groups -OCH3 is 1. The Morgan fingerprint density at radius 2 is 2.14 bits per heavy atom. The van der Waals surface area contributed by atoms with Crippen LogP contribution in [0.15, 0.2) is 18.2 Å². The predicted octanol–water partition coefficient (Wildman–Crippen LogP) is 4.08. The first kappa shape index (κ1) is 11.4. The summed E-state index contributed by atoms with van der Waals surface area (Å²) in [5, 5.41) is 0.0647. The Morgan fingerprint density at radius 3 is 2.71 bits per heavy atom. The minimum Gasteiger partial charge on any atom is -0.496 e. The number of ether oxygens (including phenoxy) is 1. The summed E-state index contributed by atoms with van der Waals surface area (Å²) in [4.78, 5) is 0. The molecular formula is C12H17ClO. The highest BCUT2D eigenvalue weighted by atomic mass is 35.5. The summed E-state index contributed by atoms with van der Waals surface area (Å²) >= 11 is 6.28. The first-order valence-electron chi connectivity index (χ1n) is 4.97. The molecule has 0 spiro atoms. The molecule has 1 rings (SSSR count). The van der Waals surface area contributed by atoms with Crippen LogP contribution in [-0.4, -0.2) is 7.11 Å². The number of aryl methyl sites for hydroxylation is 1. The molecule has 0 aliphatic carbocycles. The number of alkyl halides is 1. The van der Waals surface area contributed by atoms with E-state index >= 15 is 0 Å². The zero-order valence-electron chi connectivity index (χ0n) is 9.01. The SMILES string of the molecule is CCCC(Cl)c1cc(C)ccc1OC. The molecule has 1 atom stereocenters. The molecule has 0 amide bonds. The molecule has 1 aromatic rings. The van der Waals surface area contributed by atoms with Gasteiger partial charge < -0.3 is 4.74 Å². The van der Waals surface area contributed by atoms with Crippen molar-refractivity contribution in [2.45, 2.75) is 32.1 Å². The quantitative estimate of drug-likeness (QED) is 0.684. The summed E-state index contributed by atoms with van der Waals surface area (Å²) in [5.41, 5.74) is 2.33. The molecule has 14 heavy (non-hydrogen) atoms. The van der Waals surface area contributed by atoms with Crippen molar-refractivity contribution in [1.29, 1.82) is 0 Å². The van der Waals surface area contributed by atoms with E-state index in [0.29, 0.717) is 0 Å². The van der Waals surface area contributed by atoms with Crippen LogP contribution in [0.4, 0.5) is 0 Å². The van der Waals surface area contributed by atoms with Crippen LogP contribution in [0.25, 0.3) is 0 Å². The maximum Gasteiger partial charge on any atom is 0.123 e. The van der Waals surface area contributed by atoms with E-state index in [1.165, 1.54) is 5.56 Å². The molecule has 0 radical (unpaired) electrons. The first-order valence-corrected chi connectivity index (χ1v) is 5.41. The molecule has 0 heterocycles. The van der Waals surface area contributed by atoms with Crippen LogP contribution in [-0.2, 0) is 0 Å². The molecule has 0 aromatic heterocycles. The van der Waals surface area contributed by atoms with E-state index in [1.807, 2.05) is 12.1 Å². The van der Waals surface area contributed by atoms with Gasteiger partial charge in [-0.3, -0.25) is 0 Å². The van der Waals surface area contributed by atoms with Crippen molar-refractivity contribution in [3.63, 3.8) is 0 Å². The van der Waals surface area contributed by atoms with Crippen molar-refractivity contribution in [2.24, 2.45) is 0 Å². The normalized spacial score (nSPS) is 12.6. The molecule has 1 unspecified atom stereocenters. The lowest BCUT2D eigenvalue weighted by molar-refractivity contribution is 0.408. The summed E-state index contributed by atoms with van der Waals surface area (Å²) in [6.45, 7) is 4.20. The van der Waals surface area contributed by atoms with Crippen molar-refractivity contribution in [3.05, 3.63) is 29.3 Å². The molecule has 0 bridgehead atoms. The molecule has 0 saturated carbocycles. The third kappa shape index (κ3) is 2.65. The summed E-state index contributed by atoms with van der Waals surface area (Å²) in [7, 11) is 1.68. The molecule has 2 heteroatoms. The molecule has 1 nitrogen and oxygen atoms in total. The van der Waals surface area contributed by atoms with E-state index in [9.17, 15) is 0 Å². The maximum atomic E-state index is 6.28. The van der Waals surface area contributed by atoms with Gasteiger partial charge in [-0.05, 0) is 19.4 Å². The van der Waals surface area contributed by atoms with Crippen molar-refractivity contribution in [2.75, 3.05) is 7.11 Å². The van der Waals surface area contributed by atoms with Gasteiger partial charge >= 0.3 is 0 Å². The Bertz CT molecular complexity index is 296. The van der Waals surface area contributed by atoms with E-state index in [-0.39, 0.29) is 5.38 Å². The third-order valence-electron chi connectivity index (χ3n) is 2.26. The Balaban J connectivity index is 2.97. The highest BCUT2D eigenvalue weighted by molar-refractivity contribution is 6.21. The van der Waals surface area contributed by atoms with Crippen molar-refractivity contribution in [3.8, 4) is 5.75 Å². The van der Waals surface area contributed by atoms with Gasteiger partial charge in [0, 0.05) is 5.56 Å². The summed E-state index contributed by atoms with van der Waals surface area (Å²) < 4.78 is 5.28. The lowest BCUT2D eigenvalue weighted by Gasteiger charge is -2.13. The first-order chi connectivity index (χ1) is 6.69. The monoisotopic (exact) mass is 212 g/mol. The lowest BCUT2D eigenvalue weighted by Crippen LogP contribution is -1.96. The number of halogens is 1. The Hall–Kier alpha value is -0.690. The van der Waals surface area contributed by atoms with Crippen LogP contribution in [0.5, 0.6) is 5.75 Å². The third-order valence-corrected chi connectivity index (χ3v) is 2.72. The van der Waals surface area contributed by atoms with Gasteiger partial charge in [-0.25, -0.2) is 0 Å². The Labute approximate surface area is 91.0 Å². The van der Waals surface area contributed by atoms with Crippen molar-refractivity contribution in [1.82, 2.24) is 0 Å². The van der Waals surface area contributed by atoms with Gasteiger partial charge in [-0.15, -0.1) is 11.6 Å². The number of hydrogen-bond acceptors (Lipinski definition) is 1. The second-order valence-electron chi connectivity index (χ2n) is 3.50. The van der Waals surface area contributed by atoms with Crippen molar-refractivity contribution >= 4 is 11.6 Å². The molecule has 1 aromatic carbocycles. The van der Waals surface area contributed by atoms with Crippen LogP contribution in [0.1, 0.15) is 36.3 Å². The average Bonchev–Trinajstić information content (AvgIpc) is 2.18. The highest BCUT2D eigenvalue weighted by Crippen LogP contribution is 2.33. The minimum absolute atomic E-state index is 0.0647. The largest absolute Gasteiger partial charge is 0.496 e. The van der Waals surface area contributed by atoms with E-state index in [2.05, 4.69) is 19.9 Å². The number of rotatable bonds is 4. The molecule has 0 saturated heterocycles. The van der Waals surface area contributed by atoms with Crippen LogP contribution < -0.4 is 4.74 Å². The van der Waals surface area contributed by atoms with Crippen LogP contribution >= 0.6 is 11.6 Å². The van der Waals surface area contributed by atoms with Crippen LogP contribution in [0.2, 0.25) is 0 Å². The standard InChI is InChI=1S/C12H17ClO/c1-4-5-11(13)10-8-9(2)6-7-12(10)14-3/h6-8,11H,4-5H2,1-3H3. The lowest BCUT2D eigenvalue weighted by atomic mass is 10.0. The van der Waals surface area contributed by atoms with Crippen LogP contribution in [0, 0.1) is 6.92 Å². The minimum atomic E-state index is 0.0647. The molecule has 0 aliphatic rings. The molecule has 0 N–H and O–H groups in total. The van der Waals surface area contributed by atoms with Crippen molar-refractivity contribution < 1.29 is 4.74 Å². The zero-order valence-corrected chi connectivity index (χ0v) is 9.77. The van der Waals surface area contributed by atoms with Gasteiger partial charge in [-0.2, -0.15) is 0 Å². The fraction of sp³-hybridized carbons (Fsp3) is 0.500. The van der Waals surface area contributed by atoms with E-state index < -0.39 is 0 Å². The Morgan fingerprint density at radius 1 is 1.43 bits per heavy atom. The van der Waals surface area contributed by atoms with Gasteiger partial charge in [0.2, 0.25) is 0 Å². The highest BCUT2D eigenvalue weighted by Gasteiger charge is 2.12. The van der Waals surface area contributed by atoms with Gasteiger partial charge in [0.05, 0.1) is 12.5 Å². The predicted molar refractivity (Wildman–Crippen MR) is 61.2 cm³/mol. The zero-order chi connectivity index (χ0) is 10.6. The molecular weight excluding hydrogens is 196 g/mol. The van der Waals surface area contributed by atoms with Gasteiger partial charge in [-0.1, -0.05) is 31.0 Å². The maximum absolute atomic E-state index is 6.28. The van der Waals surface area contributed by atoms with Gasteiger partial charge in [0.25, 0.3) is 0 Å². The smallest absolute Gasteiger partial charge is 0.123 e. The molecule has 0 fully saturated rings. The second-order valence-corrected chi connectivity index (χ2v) is 4.03. The summed E-state index contributed by atoms with van der Waals surface area (Å²) in [5.74, 6) is 0.893. The Kier molecular flexibility index (Phi) is 4.27. The van der Waals surface area contributed by atoms with Gasteiger partial charge in [0.1, 0.15) is 5.75 Å². The summed E-state index contributed by atoms with van der Waals surface area (Å²) in [6, 6.07) is 6.12. The van der Waals surface area contributed by atoms with E-state index in [4.69, 9.17) is 16.3 Å². The van der Waals surface area contributed by atoms with Crippen LogP contribution in [0.3, 0.4) is 0 Å². The number of hydrogen-bond donors (Lipinski definition) is 0. The average molecular weight is 213 g/mol. The van der Waals surface area contributed by atoms with E-state index in [0.717, 1.165) is 24.2 Å². The number of benzene rings is 1.